The van der Waals surface area contributed by atoms with Crippen molar-refractivity contribution in [1.82, 2.24) is 5.32 Å². The zero-order valence-electron chi connectivity index (χ0n) is 10.8. The lowest BCUT2D eigenvalue weighted by atomic mass is 10.1. The van der Waals surface area contributed by atoms with Gasteiger partial charge in [0, 0.05) is 16.6 Å². The minimum Gasteiger partial charge on any atom is -0.351 e. The van der Waals surface area contributed by atoms with Gasteiger partial charge in [-0.25, -0.2) is 4.39 Å². The number of thiophene rings is 1. The van der Waals surface area contributed by atoms with Gasteiger partial charge in [0.05, 0.1) is 4.88 Å². The van der Waals surface area contributed by atoms with Gasteiger partial charge >= 0.3 is 0 Å². The number of amides is 1. The van der Waals surface area contributed by atoms with Gasteiger partial charge in [-0.05, 0) is 44.0 Å². The lowest BCUT2D eigenvalue weighted by molar-refractivity contribution is 0.0956. The summed E-state index contributed by atoms with van der Waals surface area (Å²) >= 11 is 1.33. The van der Waals surface area contributed by atoms with Crippen LogP contribution in [0.2, 0.25) is 0 Å². The van der Waals surface area contributed by atoms with E-state index >= 15 is 0 Å². The topological polar surface area (TPSA) is 55.1 Å². The molecule has 2 aromatic rings. The van der Waals surface area contributed by atoms with Crippen molar-refractivity contribution in [2.45, 2.75) is 19.8 Å². The number of carbonyl (C=O) groups is 1. The van der Waals surface area contributed by atoms with Crippen molar-refractivity contribution < 1.29 is 9.18 Å². The Labute approximate surface area is 115 Å². The zero-order chi connectivity index (χ0) is 13.8. The third-order valence-corrected chi connectivity index (χ3v) is 4.28. The SMILES string of the molecule is Cc1c(C(=O)NCCCCN)sc2cccc(F)c12. The third-order valence-electron chi connectivity index (χ3n) is 3.03. The molecule has 0 unspecified atom stereocenters. The molecular weight excluding hydrogens is 263 g/mol. The monoisotopic (exact) mass is 280 g/mol. The van der Waals surface area contributed by atoms with Crippen LogP contribution in [0.4, 0.5) is 4.39 Å². The first-order valence-corrected chi connectivity index (χ1v) is 7.12. The first kappa shape index (κ1) is 14.0. The first-order chi connectivity index (χ1) is 9.15. The average molecular weight is 280 g/mol. The van der Waals surface area contributed by atoms with Crippen molar-refractivity contribution in [2.24, 2.45) is 5.73 Å². The van der Waals surface area contributed by atoms with Crippen LogP contribution in [0.15, 0.2) is 18.2 Å². The van der Waals surface area contributed by atoms with Crippen molar-refractivity contribution in [2.75, 3.05) is 13.1 Å². The number of nitrogens with two attached hydrogens (primary N) is 1. The minimum atomic E-state index is -0.270. The highest BCUT2D eigenvalue weighted by atomic mass is 32.1. The predicted molar refractivity (Wildman–Crippen MR) is 77.1 cm³/mol. The summed E-state index contributed by atoms with van der Waals surface area (Å²) in [5.41, 5.74) is 6.11. The molecule has 0 bridgehead atoms. The van der Waals surface area contributed by atoms with Gasteiger partial charge in [-0.1, -0.05) is 6.07 Å². The number of hydrogen-bond donors (Lipinski definition) is 2. The summed E-state index contributed by atoms with van der Waals surface area (Å²) in [5, 5.41) is 3.40. The maximum Gasteiger partial charge on any atom is 0.261 e. The van der Waals surface area contributed by atoms with Crippen molar-refractivity contribution in [3.8, 4) is 0 Å². The molecule has 2 rings (SSSR count). The second-order valence-electron chi connectivity index (χ2n) is 4.42. The number of nitrogens with one attached hydrogen (secondary N) is 1. The molecule has 0 radical (unpaired) electrons. The smallest absolute Gasteiger partial charge is 0.261 e. The molecule has 0 aliphatic carbocycles. The number of halogens is 1. The van der Waals surface area contributed by atoms with Crippen LogP contribution in [0.5, 0.6) is 0 Å². The molecule has 1 aromatic carbocycles. The second kappa shape index (κ2) is 6.12. The largest absolute Gasteiger partial charge is 0.351 e. The first-order valence-electron chi connectivity index (χ1n) is 6.31. The van der Waals surface area contributed by atoms with E-state index in [2.05, 4.69) is 5.32 Å². The van der Waals surface area contributed by atoms with Gasteiger partial charge in [0.1, 0.15) is 5.82 Å². The van der Waals surface area contributed by atoms with Gasteiger partial charge in [0.2, 0.25) is 0 Å². The fourth-order valence-electron chi connectivity index (χ4n) is 2.02. The van der Waals surface area contributed by atoms with Gasteiger partial charge in [-0.3, -0.25) is 4.79 Å². The lowest BCUT2D eigenvalue weighted by Gasteiger charge is -2.03. The van der Waals surface area contributed by atoms with E-state index in [1.165, 1.54) is 17.4 Å². The Hall–Kier alpha value is -1.46. The normalized spacial score (nSPS) is 10.9. The summed E-state index contributed by atoms with van der Waals surface area (Å²) in [5.74, 6) is -0.399. The number of hydrogen-bond acceptors (Lipinski definition) is 3. The van der Waals surface area contributed by atoms with E-state index < -0.39 is 0 Å². The summed E-state index contributed by atoms with van der Waals surface area (Å²) in [7, 11) is 0. The van der Waals surface area contributed by atoms with Crippen LogP contribution in [0.3, 0.4) is 0 Å². The van der Waals surface area contributed by atoms with E-state index in [9.17, 15) is 9.18 Å². The van der Waals surface area contributed by atoms with Gasteiger partial charge < -0.3 is 11.1 Å². The Bertz CT molecular complexity index is 594. The zero-order valence-corrected chi connectivity index (χ0v) is 11.6. The molecule has 0 aliphatic rings. The van der Waals surface area contributed by atoms with Gasteiger partial charge in [0.25, 0.3) is 5.91 Å². The lowest BCUT2D eigenvalue weighted by Crippen LogP contribution is -2.24. The van der Waals surface area contributed by atoms with Gasteiger partial charge in [-0.2, -0.15) is 0 Å². The van der Waals surface area contributed by atoms with Crippen molar-refractivity contribution in [3.05, 3.63) is 34.5 Å². The Morgan fingerprint density at radius 3 is 2.89 bits per heavy atom. The van der Waals surface area contributed by atoms with Crippen LogP contribution in [-0.2, 0) is 0 Å². The second-order valence-corrected chi connectivity index (χ2v) is 5.47. The molecule has 0 saturated carbocycles. The van der Waals surface area contributed by atoms with Crippen LogP contribution in [0.25, 0.3) is 10.1 Å². The van der Waals surface area contributed by atoms with Crippen LogP contribution in [-0.4, -0.2) is 19.0 Å². The van der Waals surface area contributed by atoms with E-state index in [1.54, 1.807) is 13.0 Å². The van der Waals surface area contributed by atoms with Gasteiger partial charge in [-0.15, -0.1) is 11.3 Å². The molecule has 0 aliphatic heterocycles. The highest BCUT2D eigenvalue weighted by Gasteiger charge is 2.17. The maximum atomic E-state index is 13.7. The molecule has 102 valence electrons. The number of fused-ring (bicyclic) bond motifs is 1. The molecular formula is C14H17FN2OS. The van der Waals surface area contributed by atoms with Crippen molar-refractivity contribution in [3.63, 3.8) is 0 Å². The predicted octanol–water partition coefficient (Wildman–Crippen LogP) is 2.82. The van der Waals surface area contributed by atoms with E-state index in [0.29, 0.717) is 23.4 Å². The highest BCUT2D eigenvalue weighted by molar-refractivity contribution is 7.21. The molecule has 3 nitrogen and oxygen atoms in total. The maximum absolute atomic E-state index is 13.7. The molecule has 3 N–H and O–H groups in total. The number of aryl methyl sites for hydroxylation is 1. The van der Waals surface area contributed by atoms with Crippen LogP contribution in [0.1, 0.15) is 28.1 Å². The van der Waals surface area contributed by atoms with E-state index in [4.69, 9.17) is 5.73 Å². The molecule has 1 aromatic heterocycles. The van der Waals surface area contributed by atoms with Gasteiger partial charge in [0.15, 0.2) is 0 Å². The van der Waals surface area contributed by atoms with Crippen molar-refractivity contribution in [1.29, 1.82) is 0 Å². The van der Waals surface area contributed by atoms with E-state index in [1.807, 2.05) is 6.07 Å². The number of rotatable bonds is 5. The van der Waals surface area contributed by atoms with Crippen LogP contribution in [0, 0.1) is 12.7 Å². The van der Waals surface area contributed by atoms with Crippen LogP contribution < -0.4 is 11.1 Å². The number of carbonyl (C=O) groups excluding carboxylic acids is 1. The molecule has 0 saturated heterocycles. The number of benzene rings is 1. The summed E-state index contributed by atoms with van der Waals surface area (Å²) in [4.78, 5) is 12.6. The molecule has 0 atom stereocenters. The van der Waals surface area contributed by atoms with E-state index in [-0.39, 0.29) is 11.7 Å². The molecule has 1 heterocycles. The van der Waals surface area contributed by atoms with Crippen molar-refractivity contribution >= 4 is 27.3 Å². The molecule has 1 amide bonds. The Balaban J connectivity index is 2.18. The fraction of sp³-hybridized carbons (Fsp3) is 0.357. The summed E-state index contributed by atoms with van der Waals surface area (Å²) in [6.07, 6.45) is 1.75. The molecule has 0 spiro atoms. The Morgan fingerprint density at radius 1 is 1.42 bits per heavy atom. The molecule has 19 heavy (non-hydrogen) atoms. The van der Waals surface area contributed by atoms with E-state index in [0.717, 1.165) is 23.1 Å². The summed E-state index contributed by atoms with van der Waals surface area (Å²) in [6.45, 7) is 3.02. The Kier molecular flexibility index (Phi) is 4.50. The minimum absolute atomic E-state index is 0.130. The molecule has 5 heteroatoms. The number of unbranched alkanes of at least 4 members (excludes halogenated alkanes) is 1. The summed E-state index contributed by atoms with van der Waals surface area (Å²) < 4.78 is 14.5. The summed E-state index contributed by atoms with van der Waals surface area (Å²) in [6, 6.07) is 4.92. The highest BCUT2D eigenvalue weighted by Crippen LogP contribution is 2.32. The Morgan fingerprint density at radius 2 is 2.21 bits per heavy atom. The quantitative estimate of drug-likeness (QED) is 0.827. The molecule has 0 fully saturated rings. The average Bonchev–Trinajstić information content (AvgIpc) is 2.73. The third kappa shape index (κ3) is 2.93. The standard InChI is InChI=1S/C14H17FN2OS/c1-9-12-10(15)5-4-6-11(12)19-13(9)14(18)17-8-3-2-7-16/h4-6H,2-3,7-8,16H2,1H3,(H,17,18). The van der Waals surface area contributed by atoms with Crippen LogP contribution >= 0.6 is 11.3 Å². The fourth-order valence-corrected chi connectivity index (χ4v) is 3.16.